The van der Waals surface area contributed by atoms with Crippen LogP contribution in [0.2, 0.25) is 0 Å². The highest BCUT2D eigenvalue weighted by atomic mass is 35.5. The number of nitrogens with one attached hydrogen (secondary N) is 1. The first-order chi connectivity index (χ1) is 6.40. The summed E-state index contributed by atoms with van der Waals surface area (Å²) in [6, 6.07) is 8.05. The third-order valence-corrected chi connectivity index (χ3v) is 2.06. The van der Waals surface area contributed by atoms with Gasteiger partial charge in [-0.3, -0.25) is 0 Å². The van der Waals surface area contributed by atoms with Crippen molar-refractivity contribution >= 4 is 35.8 Å². The Bertz CT molecular complexity index is 373. The first kappa shape index (κ1) is 17.6. The molecule has 1 aromatic heterocycles. The van der Waals surface area contributed by atoms with Crippen molar-refractivity contribution < 1.29 is 5.48 Å². The highest BCUT2D eigenvalue weighted by Crippen LogP contribution is 2.10. The summed E-state index contributed by atoms with van der Waals surface area (Å²) in [7, 11) is 0. The molecule has 92 valence electrons. The van der Waals surface area contributed by atoms with Crippen LogP contribution < -0.4 is 5.73 Å². The molecule has 1 aromatic carbocycles. The van der Waals surface area contributed by atoms with Gasteiger partial charge in [0.15, 0.2) is 0 Å². The average molecular weight is 266 g/mol. The van der Waals surface area contributed by atoms with Crippen molar-refractivity contribution in [1.29, 1.82) is 0 Å². The Labute approximate surface area is 107 Å². The zero-order valence-corrected chi connectivity index (χ0v) is 10.4. The van der Waals surface area contributed by atoms with E-state index in [4.69, 9.17) is 5.73 Å². The minimum absolute atomic E-state index is 0. The number of hydrogen-bond donors (Lipinski definition) is 2. The predicted octanol–water partition coefficient (Wildman–Crippen LogP) is 1.47. The number of para-hydroxylation sites is 2. The molecule has 0 aliphatic heterocycles. The second-order valence-electron chi connectivity index (χ2n) is 3.09. The Morgan fingerprint density at radius 1 is 1.19 bits per heavy atom. The van der Waals surface area contributed by atoms with Crippen LogP contribution in [-0.2, 0) is 6.42 Å². The van der Waals surface area contributed by atoms with Gasteiger partial charge in [0.2, 0.25) is 0 Å². The number of halogens is 2. The van der Waals surface area contributed by atoms with Crippen LogP contribution >= 0.6 is 24.8 Å². The number of aromatic nitrogens is 2. The second-order valence-corrected chi connectivity index (χ2v) is 3.09. The molecular formula is C10H17Cl2N3O. The number of nitrogens with two attached hydrogens (primary N) is 1. The Kier molecular flexibility index (Phi) is 9.18. The summed E-state index contributed by atoms with van der Waals surface area (Å²) in [4.78, 5) is 7.70. The third-order valence-electron chi connectivity index (χ3n) is 2.06. The lowest BCUT2D eigenvalue weighted by Gasteiger charge is -1.91. The average Bonchev–Trinajstić information content (AvgIpc) is 2.57. The normalized spacial score (nSPS) is 8.81. The van der Waals surface area contributed by atoms with E-state index in [9.17, 15) is 0 Å². The molecule has 16 heavy (non-hydrogen) atoms. The molecule has 0 aliphatic rings. The monoisotopic (exact) mass is 265 g/mol. The van der Waals surface area contributed by atoms with E-state index in [1.54, 1.807) is 0 Å². The topological polar surface area (TPSA) is 86.2 Å². The maximum Gasteiger partial charge on any atom is 0.107 e. The van der Waals surface area contributed by atoms with Gasteiger partial charge in [-0.05, 0) is 25.1 Å². The van der Waals surface area contributed by atoms with Crippen molar-refractivity contribution in [3.05, 3.63) is 30.1 Å². The van der Waals surface area contributed by atoms with E-state index in [-0.39, 0.29) is 30.3 Å². The predicted molar refractivity (Wildman–Crippen MR) is 71.6 cm³/mol. The molecule has 1 heterocycles. The first-order valence-electron chi connectivity index (χ1n) is 4.54. The van der Waals surface area contributed by atoms with Gasteiger partial charge >= 0.3 is 0 Å². The Morgan fingerprint density at radius 2 is 1.88 bits per heavy atom. The number of rotatable bonds is 3. The highest BCUT2D eigenvalue weighted by Gasteiger charge is 1.99. The number of imidazole rings is 1. The van der Waals surface area contributed by atoms with Crippen LogP contribution in [0.3, 0.4) is 0 Å². The van der Waals surface area contributed by atoms with Crippen LogP contribution in [0.4, 0.5) is 0 Å². The Hall–Kier alpha value is -0.810. The molecule has 0 amide bonds. The number of fused-ring (bicyclic) bond motifs is 1. The molecule has 0 bridgehead atoms. The number of hydrogen-bond acceptors (Lipinski definition) is 2. The van der Waals surface area contributed by atoms with E-state index in [2.05, 4.69) is 9.97 Å². The van der Waals surface area contributed by atoms with Gasteiger partial charge in [-0.15, -0.1) is 24.8 Å². The fourth-order valence-corrected chi connectivity index (χ4v) is 1.39. The SMILES string of the molecule is Cl.Cl.NCCCc1nc2ccccc2[nH]1.O. The van der Waals surface area contributed by atoms with Crippen molar-refractivity contribution in [2.45, 2.75) is 12.8 Å². The standard InChI is InChI=1S/C10H13N3.2ClH.H2O/c11-7-3-6-10-12-8-4-1-2-5-9(8)13-10;;;/h1-2,4-5H,3,6-7,11H2,(H,12,13);2*1H;1H2. The lowest BCUT2D eigenvalue weighted by Crippen LogP contribution is -2.01. The van der Waals surface area contributed by atoms with Crippen LogP contribution in [0.15, 0.2) is 24.3 Å². The molecule has 0 atom stereocenters. The summed E-state index contributed by atoms with van der Waals surface area (Å²) >= 11 is 0. The summed E-state index contributed by atoms with van der Waals surface area (Å²) in [6.07, 6.45) is 1.92. The van der Waals surface area contributed by atoms with Gasteiger partial charge in [0.25, 0.3) is 0 Å². The van der Waals surface area contributed by atoms with Gasteiger partial charge < -0.3 is 16.2 Å². The van der Waals surface area contributed by atoms with E-state index < -0.39 is 0 Å². The molecular weight excluding hydrogens is 249 g/mol. The van der Waals surface area contributed by atoms with Gasteiger partial charge in [0.1, 0.15) is 5.82 Å². The van der Waals surface area contributed by atoms with Crippen molar-refractivity contribution in [3.8, 4) is 0 Å². The summed E-state index contributed by atoms with van der Waals surface area (Å²) in [5.74, 6) is 1.03. The van der Waals surface area contributed by atoms with Crippen LogP contribution in [0.5, 0.6) is 0 Å². The summed E-state index contributed by atoms with van der Waals surface area (Å²) in [5, 5.41) is 0. The van der Waals surface area contributed by atoms with Crippen molar-refractivity contribution in [3.63, 3.8) is 0 Å². The zero-order valence-electron chi connectivity index (χ0n) is 8.77. The molecule has 0 spiro atoms. The molecule has 6 heteroatoms. The Morgan fingerprint density at radius 3 is 2.50 bits per heavy atom. The smallest absolute Gasteiger partial charge is 0.107 e. The van der Waals surface area contributed by atoms with E-state index in [0.717, 1.165) is 36.2 Å². The molecule has 0 radical (unpaired) electrons. The minimum atomic E-state index is 0. The largest absolute Gasteiger partial charge is 0.412 e. The van der Waals surface area contributed by atoms with Crippen LogP contribution in [0, 0.1) is 0 Å². The number of H-pyrrole nitrogens is 1. The summed E-state index contributed by atoms with van der Waals surface area (Å²) in [5.41, 5.74) is 7.57. The molecule has 0 saturated heterocycles. The third kappa shape index (κ3) is 3.98. The number of aryl methyl sites for hydroxylation is 1. The van der Waals surface area contributed by atoms with Crippen molar-refractivity contribution in [2.24, 2.45) is 5.73 Å². The summed E-state index contributed by atoms with van der Waals surface area (Å²) < 4.78 is 0. The van der Waals surface area contributed by atoms with Gasteiger partial charge in [0, 0.05) is 6.42 Å². The second kappa shape index (κ2) is 8.35. The number of benzene rings is 1. The molecule has 0 fully saturated rings. The van der Waals surface area contributed by atoms with Gasteiger partial charge in [-0.2, -0.15) is 0 Å². The molecule has 0 aliphatic carbocycles. The van der Waals surface area contributed by atoms with E-state index in [1.165, 1.54) is 0 Å². The quantitative estimate of drug-likeness (QED) is 0.881. The lowest BCUT2D eigenvalue weighted by molar-refractivity contribution is 0.796. The van der Waals surface area contributed by atoms with Crippen molar-refractivity contribution in [2.75, 3.05) is 6.54 Å². The molecule has 2 aromatic rings. The summed E-state index contributed by atoms with van der Waals surface area (Å²) in [6.45, 7) is 0.719. The van der Waals surface area contributed by atoms with Gasteiger partial charge in [0.05, 0.1) is 11.0 Å². The molecule has 4 nitrogen and oxygen atoms in total. The minimum Gasteiger partial charge on any atom is -0.412 e. The maximum atomic E-state index is 5.43. The van der Waals surface area contributed by atoms with Crippen molar-refractivity contribution in [1.82, 2.24) is 9.97 Å². The van der Waals surface area contributed by atoms with E-state index in [1.807, 2.05) is 24.3 Å². The van der Waals surface area contributed by atoms with Gasteiger partial charge in [-0.1, -0.05) is 12.1 Å². The first-order valence-corrected chi connectivity index (χ1v) is 4.54. The number of nitrogens with zero attached hydrogens (tertiary/aromatic N) is 1. The van der Waals surface area contributed by atoms with Crippen LogP contribution in [0.25, 0.3) is 11.0 Å². The maximum absolute atomic E-state index is 5.43. The highest BCUT2D eigenvalue weighted by molar-refractivity contribution is 5.85. The van der Waals surface area contributed by atoms with E-state index in [0.29, 0.717) is 0 Å². The van der Waals surface area contributed by atoms with Crippen LogP contribution in [0.1, 0.15) is 12.2 Å². The van der Waals surface area contributed by atoms with Gasteiger partial charge in [-0.25, -0.2) is 4.98 Å². The zero-order chi connectivity index (χ0) is 9.10. The lowest BCUT2D eigenvalue weighted by atomic mass is 10.3. The molecule has 0 unspecified atom stereocenters. The Balaban J connectivity index is 0. The molecule has 2 rings (SSSR count). The van der Waals surface area contributed by atoms with E-state index >= 15 is 0 Å². The molecule has 5 N–H and O–H groups in total. The van der Waals surface area contributed by atoms with Crippen LogP contribution in [-0.4, -0.2) is 22.0 Å². The molecule has 0 saturated carbocycles. The number of aromatic amines is 1. The fraction of sp³-hybridized carbons (Fsp3) is 0.300. The fourth-order valence-electron chi connectivity index (χ4n) is 1.39.